The number of nitrogens with one attached hydrogen (secondary N) is 2. The Labute approximate surface area is 89.1 Å². The minimum atomic E-state index is -0.184. The summed E-state index contributed by atoms with van der Waals surface area (Å²) in [5.41, 5.74) is 13.0. The van der Waals surface area contributed by atoms with Crippen LogP contribution < -0.4 is 16.6 Å². The molecule has 0 aliphatic rings. The number of carbonyl (C=O) groups excluding carboxylic acids is 1. The number of hydrogen-bond acceptors (Lipinski definition) is 3. The highest BCUT2D eigenvalue weighted by molar-refractivity contribution is 5.94. The average Bonchev–Trinajstić information content (AvgIpc) is 2.26. The fourth-order valence-corrected chi connectivity index (χ4v) is 0.934. The molecule has 1 amide bonds. The number of benzene rings is 1. The second kappa shape index (κ2) is 5.05. The molecule has 4 heteroatoms. The van der Waals surface area contributed by atoms with Crippen molar-refractivity contribution in [1.29, 1.82) is 0 Å². The van der Waals surface area contributed by atoms with Gasteiger partial charge in [0, 0.05) is 16.9 Å². The fraction of sp³-hybridized carbons (Fsp3) is 0.182. The number of amides is 1. The number of rotatable bonds is 3. The molecular formula is C11H15N3O. The lowest BCUT2D eigenvalue weighted by atomic mass is 10.2. The summed E-state index contributed by atoms with van der Waals surface area (Å²) in [5.74, 6) is -0.184. The lowest BCUT2D eigenvalue weighted by molar-refractivity contribution is 0.0939. The lowest BCUT2D eigenvalue weighted by Gasteiger charge is -2.08. The number of anilines is 1. The summed E-state index contributed by atoms with van der Waals surface area (Å²) >= 11 is 0. The SMILES string of the molecule is CC=C(C)NNC(=O)c1ccc(N)cc1. The summed E-state index contributed by atoms with van der Waals surface area (Å²) in [6, 6.07) is 6.74. The van der Waals surface area contributed by atoms with Gasteiger partial charge in [0.1, 0.15) is 0 Å². The van der Waals surface area contributed by atoms with E-state index in [-0.39, 0.29) is 5.91 Å². The third-order valence-electron chi connectivity index (χ3n) is 1.98. The van der Waals surface area contributed by atoms with Gasteiger partial charge in [0.25, 0.3) is 5.91 Å². The van der Waals surface area contributed by atoms with Crippen molar-refractivity contribution < 1.29 is 4.79 Å². The largest absolute Gasteiger partial charge is 0.399 e. The zero-order chi connectivity index (χ0) is 11.3. The fourth-order valence-electron chi connectivity index (χ4n) is 0.934. The Morgan fingerprint density at radius 2 is 1.87 bits per heavy atom. The van der Waals surface area contributed by atoms with E-state index >= 15 is 0 Å². The predicted octanol–water partition coefficient (Wildman–Crippen LogP) is 1.43. The highest BCUT2D eigenvalue weighted by atomic mass is 16.2. The molecule has 4 nitrogen and oxygen atoms in total. The van der Waals surface area contributed by atoms with E-state index in [1.807, 2.05) is 19.9 Å². The summed E-state index contributed by atoms with van der Waals surface area (Å²) in [6.45, 7) is 3.75. The van der Waals surface area contributed by atoms with Crippen LogP contribution in [0.3, 0.4) is 0 Å². The summed E-state index contributed by atoms with van der Waals surface area (Å²) < 4.78 is 0. The molecule has 0 saturated heterocycles. The summed E-state index contributed by atoms with van der Waals surface area (Å²) in [7, 11) is 0. The van der Waals surface area contributed by atoms with Crippen LogP contribution in [-0.4, -0.2) is 5.91 Å². The first-order chi connectivity index (χ1) is 7.13. The van der Waals surface area contributed by atoms with Gasteiger partial charge < -0.3 is 11.2 Å². The highest BCUT2D eigenvalue weighted by Crippen LogP contribution is 2.04. The van der Waals surface area contributed by atoms with Crippen molar-refractivity contribution in [2.45, 2.75) is 13.8 Å². The number of nitrogens with two attached hydrogens (primary N) is 1. The van der Waals surface area contributed by atoms with Crippen molar-refractivity contribution in [3.05, 3.63) is 41.6 Å². The van der Waals surface area contributed by atoms with Gasteiger partial charge in [-0.3, -0.25) is 10.2 Å². The molecule has 0 radical (unpaired) electrons. The molecule has 0 heterocycles. The summed E-state index contributed by atoms with van der Waals surface area (Å²) in [4.78, 5) is 11.5. The van der Waals surface area contributed by atoms with Gasteiger partial charge in [0.2, 0.25) is 0 Å². The maximum atomic E-state index is 11.5. The van der Waals surface area contributed by atoms with Gasteiger partial charge in [-0.05, 0) is 38.1 Å². The zero-order valence-corrected chi connectivity index (χ0v) is 8.87. The predicted molar refractivity (Wildman–Crippen MR) is 60.9 cm³/mol. The first-order valence-corrected chi connectivity index (χ1v) is 4.68. The molecule has 0 bridgehead atoms. The van der Waals surface area contributed by atoms with Gasteiger partial charge in [-0.2, -0.15) is 0 Å². The molecule has 0 saturated carbocycles. The monoisotopic (exact) mass is 205 g/mol. The van der Waals surface area contributed by atoms with Crippen LogP contribution in [0.25, 0.3) is 0 Å². The Morgan fingerprint density at radius 1 is 1.27 bits per heavy atom. The second-order valence-electron chi connectivity index (χ2n) is 3.17. The highest BCUT2D eigenvalue weighted by Gasteiger charge is 2.03. The molecule has 0 fully saturated rings. The Balaban J connectivity index is 2.58. The van der Waals surface area contributed by atoms with Crippen LogP contribution in [-0.2, 0) is 0 Å². The Hall–Kier alpha value is -1.97. The second-order valence-corrected chi connectivity index (χ2v) is 3.17. The van der Waals surface area contributed by atoms with Crippen LogP contribution >= 0.6 is 0 Å². The smallest absolute Gasteiger partial charge is 0.269 e. The van der Waals surface area contributed by atoms with Crippen molar-refractivity contribution in [1.82, 2.24) is 10.9 Å². The molecule has 0 aliphatic heterocycles. The van der Waals surface area contributed by atoms with Crippen LogP contribution in [0, 0.1) is 0 Å². The standard InChI is InChI=1S/C11H15N3O/c1-3-8(2)13-14-11(15)9-4-6-10(12)7-5-9/h3-7,13H,12H2,1-2H3,(H,14,15). The maximum Gasteiger partial charge on any atom is 0.269 e. The van der Waals surface area contributed by atoms with Gasteiger partial charge in [-0.15, -0.1) is 0 Å². The van der Waals surface area contributed by atoms with E-state index in [2.05, 4.69) is 10.9 Å². The Kier molecular flexibility index (Phi) is 3.74. The van der Waals surface area contributed by atoms with E-state index in [9.17, 15) is 4.79 Å². The average molecular weight is 205 g/mol. The molecule has 80 valence electrons. The molecule has 0 aromatic heterocycles. The van der Waals surface area contributed by atoms with Crippen molar-refractivity contribution in [3.8, 4) is 0 Å². The van der Waals surface area contributed by atoms with Crippen molar-refractivity contribution >= 4 is 11.6 Å². The molecule has 0 atom stereocenters. The Morgan fingerprint density at radius 3 is 2.40 bits per heavy atom. The zero-order valence-electron chi connectivity index (χ0n) is 8.87. The third-order valence-corrected chi connectivity index (χ3v) is 1.98. The minimum Gasteiger partial charge on any atom is -0.399 e. The van der Waals surface area contributed by atoms with Crippen LogP contribution in [0.4, 0.5) is 5.69 Å². The van der Waals surface area contributed by atoms with Gasteiger partial charge in [0.15, 0.2) is 0 Å². The van der Waals surface area contributed by atoms with E-state index in [0.29, 0.717) is 11.3 Å². The molecule has 0 unspecified atom stereocenters. The van der Waals surface area contributed by atoms with Crippen LogP contribution in [0.1, 0.15) is 24.2 Å². The molecule has 15 heavy (non-hydrogen) atoms. The number of nitrogen functional groups attached to an aromatic ring is 1. The molecular weight excluding hydrogens is 190 g/mol. The topological polar surface area (TPSA) is 67.1 Å². The number of hydrogen-bond donors (Lipinski definition) is 3. The molecule has 0 aliphatic carbocycles. The molecule has 0 spiro atoms. The van der Waals surface area contributed by atoms with Crippen molar-refractivity contribution in [3.63, 3.8) is 0 Å². The van der Waals surface area contributed by atoms with Gasteiger partial charge in [-0.1, -0.05) is 6.08 Å². The minimum absolute atomic E-state index is 0.184. The molecule has 1 aromatic rings. The number of allylic oxidation sites excluding steroid dienone is 2. The van der Waals surface area contributed by atoms with E-state index in [1.54, 1.807) is 24.3 Å². The normalized spacial score (nSPS) is 10.9. The van der Waals surface area contributed by atoms with Crippen molar-refractivity contribution in [2.24, 2.45) is 0 Å². The molecule has 1 rings (SSSR count). The third kappa shape index (κ3) is 3.34. The van der Waals surface area contributed by atoms with E-state index in [1.165, 1.54) is 0 Å². The van der Waals surface area contributed by atoms with Crippen LogP contribution in [0.5, 0.6) is 0 Å². The summed E-state index contributed by atoms with van der Waals surface area (Å²) in [5, 5.41) is 0. The van der Waals surface area contributed by atoms with Gasteiger partial charge in [0.05, 0.1) is 0 Å². The Bertz CT molecular complexity index is 368. The van der Waals surface area contributed by atoms with Crippen LogP contribution in [0.2, 0.25) is 0 Å². The van der Waals surface area contributed by atoms with Gasteiger partial charge in [-0.25, -0.2) is 0 Å². The maximum absolute atomic E-state index is 11.5. The first-order valence-electron chi connectivity index (χ1n) is 4.68. The molecule has 4 N–H and O–H groups in total. The van der Waals surface area contributed by atoms with Gasteiger partial charge >= 0.3 is 0 Å². The van der Waals surface area contributed by atoms with Crippen LogP contribution in [0.15, 0.2) is 36.0 Å². The number of carbonyl (C=O) groups is 1. The summed E-state index contributed by atoms with van der Waals surface area (Å²) in [6.07, 6.45) is 1.86. The van der Waals surface area contributed by atoms with E-state index < -0.39 is 0 Å². The van der Waals surface area contributed by atoms with Crippen molar-refractivity contribution in [2.75, 3.05) is 5.73 Å². The number of hydrazine groups is 1. The molecule has 1 aromatic carbocycles. The first kappa shape index (κ1) is 11.1. The van der Waals surface area contributed by atoms with E-state index in [0.717, 1.165) is 5.70 Å². The van der Waals surface area contributed by atoms with E-state index in [4.69, 9.17) is 5.73 Å². The quantitative estimate of drug-likeness (QED) is 0.516. The lowest BCUT2D eigenvalue weighted by Crippen LogP contribution is -2.35.